The Morgan fingerprint density at radius 2 is 2.24 bits per heavy atom. The van der Waals surface area contributed by atoms with E-state index < -0.39 is 17.7 Å². The number of thiophene rings is 1. The number of rotatable bonds is 5. The zero-order valence-corrected chi connectivity index (χ0v) is 18.1. The first-order chi connectivity index (χ1) is 13.7. The highest BCUT2D eigenvalue weighted by atomic mass is 32.1. The summed E-state index contributed by atoms with van der Waals surface area (Å²) in [6, 6.07) is 1.32. The van der Waals surface area contributed by atoms with Crippen LogP contribution in [0.3, 0.4) is 0 Å². The Labute approximate surface area is 174 Å². The predicted molar refractivity (Wildman–Crippen MR) is 109 cm³/mol. The third-order valence-electron chi connectivity index (χ3n) is 4.65. The van der Waals surface area contributed by atoms with Crippen LogP contribution in [0.4, 0.5) is 4.79 Å². The van der Waals surface area contributed by atoms with E-state index in [1.807, 2.05) is 16.8 Å². The van der Waals surface area contributed by atoms with Crippen LogP contribution in [0.15, 0.2) is 21.3 Å². The maximum absolute atomic E-state index is 12.8. The molecule has 0 spiro atoms. The van der Waals surface area contributed by atoms with Crippen LogP contribution < -0.4 is 5.32 Å². The predicted octanol–water partition coefficient (Wildman–Crippen LogP) is 3.49. The summed E-state index contributed by atoms with van der Waals surface area (Å²) in [5.74, 6) is 1.33. The average molecular weight is 421 g/mol. The summed E-state index contributed by atoms with van der Waals surface area (Å²) >= 11 is 1.59. The molecule has 0 radical (unpaired) electrons. The van der Waals surface area contributed by atoms with E-state index in [1.54, 1.807) is 43.9 Å². The molecule has 29 heavy (non-hydrogen) atoms. The SMILES string of the molecule is C[C@@H](NC(=O)OC(C)(C)C)C(=O)N1CCC[C@@H](Cc2nc(-c3ccsc3)no2)C1. The molecule has 2 aromatic rings. The second-order valence-electron chi connectivity index (χ2n) is 8.39. The van der Waals surface area contributed by atoms with E-state index in [2.05, 4.69) is 15.5 Å². The van der Waals surface area contributed by atoms with Gasteiger partial charge in [0.25, 0.3) is 0 Å². The molecule has 1 aliphatic heterocycles. The quantitative estimate of drug-likeness (QED) is 0.795. The van der Waals surface area contributed by atoms with E-state index in [-0.39, 0.29) is 11.8 Å². The van der Waals surface area contributed by atoms with Gasteiger partial charge in [0.15, 0.2) is 0 Å². The summed E-state index contributed by atoms with van der Waals surface area (Å²) in [6.07, 6.45) is 1.95. The van der Waals surface area contributed by atoms with Crippen LogP contribution in [0, 0.1) is 5.92 Å². The van der Waals surface area contributed by atoms with Crippen LogP contribution in [0.25, 0.3) is 11.4 Å². The van der Waals surface area contributed by atoms with Crippen molar-refractivity contribution in [2.75, 3.05) is 13.1 Å². The lowest BCUT2D eigenvalue weighted by molar-refractivity contribution is -0.134. The lowest BCUT2D eigenvalue weighted by Crippen LogP contribution is -2.51. The van der Waals surface area contributed by atoms with E-state index in [1.165, 1.54) is 0 Å². The topological polar surface area (TPSA) is 97.6 Å². The van der Waals surface area contributed by atoms with E-state index in [0.29, 0.717) is 31.2 Å². The molecule has 0 aromatic carbocycles. The van der Waals surface area contributed by atoms with Gasteiger partial charge in [-0.2, -0.15) is 16.3 Å². The minimum atomic E-state index is -0.641. The van der Waals surface area contributed by atoms with E-state index >= 15 is 0 Å². The number of aromatic nitrogens is 2. The van der Waals surface area contributed by atoms with Crippen LogP contribution in [0.2, 0.25) is 0 Å². The van der Waals surface area contributed by atoms with Crippen molar-refractivity contribution < 1.29 is 18.8 Å². The molecule has 158 valence electrons. The third kappa shape index (κ3) is 6.03. The summed E-state index contributed by atoms with van der Waals surface area (Å²) in [5, 5.41) is 10.6. The van der Waals surface area contributed by atoms with Gasteiger partial charge >= 0.3 is 6.09 Å². The molecule has 1 saturated heterocycles. The molecule has 2 aromatic heterocycles. The molecule has 1 N–H and O–H groups in total. The maximum atomic E-state index is 12.8. The molecule has 2 atom stereocenters. The number of ether oxygens (including phenoxy) is 1. The monoisotopic (exact) mass is 420 g/mol. The first-order valence-corrected chi connectivity index (χ1v) is 10.8. The summed E-state index contributed by atoms with van der Waals surface area (Å²) < 4.78 is 10.6. The van der Waals surface area contributed by atoms with Gasteiger partial charge in [-0.3, -0.25) is 4.79 Å². The second-order valence-corrected chi connectivity index (χ2v) is 9.17. The Hall–Kier alpha value is -2.42. The summed E-state index contributed by atoms with van der Waals surface area (Å²) in [7, 11) is 0. The van der Waals surface area contributed by atoms with E-state index in [4.69, 9.17) is 9.26 Å². The molecule has 2 amide bonds. The number of amides is 2. The fourth-order valence-electron chi connectivity index (χ4n) is 3.35. The Kier molecular flexibility index (Phi) is 6.56. The second kappa shape index (κ2) is 8.94. The number of carbonyl (C=O) groups is 2. The number of nitrogens with zero attached hydrogens (tertiary/aromatic N) is 3. The van der Waals surface area contributed by atoms with Gasteiger partial charge in [0.05, 0.1) is 0 Å². The van der Waals surface area contributed by atoms with Crippen molar-refractivity contribution >= 4 is 23.3 Å². The van der Waals surface area contributed by atoms with Crippen LogP contribution in [0.5, 0.6) is 0 Å². The Morgan fingerprint density at radius 1 is 1.45 bits per heavy atom. The normalized spacial score (nSPS) is 18.3. The molecule has 9 heteroatoms. The van der Waals surface area contributed by atoms with Gasteiger partial charge < -0.3 is 19.5 Å². The molecular formula is C20H28N4O4S. The zero-order valence-electron chi connectivity index (χ0n) is 17.3. The summed E-state index contributed by atoms with van der Waals surface area (Å²) in [4.78, 5) is 31.0. The number of hydrogen-bond acceptors (Lipinski definition) is 7. The smallest absolute Gasteiger partial charge is 0.408 e. The minimum Gasteiger partial charge on any atom is -0.444 e. The van der Waals surface area contributed by atoms with Crippen LogP contribution in [-0.2, 0) is 16.0 Å². The fraction of sp³-hybridized carbons (Fsp3) is 0.600. The van der Waals surface area contributed by atoms with Gasteiger partial charge in [-0.25, -0.2) is 4.79 Å². The summed E-state index contributed by atoms with van der Waals surface area (Å²) in [6.45, 7) is 8.33. The lowest BCUT2D eigenvalue weighted by Gasteiger charge is -2.34. The van der Waals surface area contributed by atoms with Gasteiger partial charge in [-0.15, -0.1) is 0 Å². The molecule has 1 fully saturated rings. The van der Waals surface area contributed by atoms with E-state index in [0.717, 1.165) is 18.4 Å². The molecule has 0 aliphatic carbocycles. The van der Waals surface area contributed by atoms with Gasteiger partial charge in [-0.05, 0) is 57.9 Å². The molecule has 0 bridgehead atoms. The van der Waals surface area contributed by atoms with Crippen LogP contribution in [-0.4, -0.2) is 51.8 Å². The van der Waals surface area contributed by atoms with Gasteiger partial charge in [0.1, 0.15) is 11.6 Å². The number of alkyl carbamates (subject to hydrolysis) is 1. The van der Waals surface area contributed by atoms with Crippen LogP contribution in [0.1, 0.15) is 46.4 Å². The molecule has 1 aliphatic rings. The van der Waals surface area contributed by atoms with E-state index in [9.17, 15) is 9.59 Å². The highest BCUT2D eigenvalue weighted by molar-refractivity contribution is 7.08. The van der Waals surface area contributed by atoms with Crippen molar-refractivity contribution in [3.05, 3.63) is 22.7 Å². The minimum absolute atomic E-state index is 0.106. The Bertz CT molecular complexity index is 828. The highest BCUT2D eigenvalue weighted by Gasteiger charge is 2.29. The average Bonchev–Trinajstić information content (AvgIpc) is 3.31. The van der Waals surface area contributed by atoms with Crippen molar-refractivity contribution in [3.63, 3.8) is 0 Å². The van der Waals surface area contributed by atoms with Gasteiger partial charge in [-0.1, -0.05) is 5.16 Å². The van der Waals surface area contributed by atoms with Crippen molar-refractivity contribution in [1.29, 1.82) is 0 Å². The number of carbonyl (C=O) groups excluding carboxylic acids is 2. The molecule has 0 unspecified atom stereocenters. The maximum Gasteiger partial charge on any atom is 0.408 e. The highest BCUT2D eigenvalue weighted by Crippen LogP contribution is 2.23. The van der Waals surface area contributed by atoms with Gasteiger partial charge in [0, 0.05) is 30.5 Å². The van der Waals surface area contributed by atoms with Crippen molar-refractivity contribution in [2.45, 2.75) is 58.6 Å². The molecule has 3 heterocycles. The Balaban J connectivity index is 1.53. The lowest BCUT2D eigenvalue weighted by atomic mass is 9.94. The third-order valence-corrected chi connectivity index (χ3v) is 5.33. The summed E-state index contributed by atoms with van der Waals surface area (Å²) in [5.41, 5.74) is 0.349. The molecule has 3 rings (SSSR count). The Morgan fingerprint density at radius 3 is 2.93 bits per heavy atom. The van der Waals surface area contributed by atoms with Crippen molar-refractivity contribution in [3.8, 4) is 11.4 Å². The molecular weight excluding hydrogens is 392 g/mol. The first kappa shape index (κ1) is 21.3. The molecule has 8 nitrogen and oxygen atoms in total. The largest absolute Gasteiger partial charge is 0.444 e. The number of piperidine rings is 1. The number of hydrogen-bond donors (Lipinski definition) is 1. The first-order valence-electron chi connectivity index (χ1n) is 9.85. The van der Waals surface area contributed by atoms with Crippen molar-refractivity contribution in [2.24, 2.45) is 5.92 Å². The number of nitrogens with one attached hydrogen (secondary N) is 1. The fourth-order valence-corrected chi connectivity index (χ4v) is 3.98. The van der Waals surface area contributed by atoms with Crippen LogP contribution >= 0.6 is 11.3 Å². The molecule has 0 saturated carbocycles. The zero-order chi connectivity index (χ0) is 21.0. The number of likely N-dealkylation sites (tertiary alicyclic amines) is 1. The van der Waals surface area contributed by atoms with Gasteiger partial charge in [0.2, 0.25) is 17.6 Å². The standard InChI is InChI=1S/C20H28N4O4S/c1-13(21-19(26)27-20(2,3)4)18(25)24-8-5-6-14(11-24)10-16-22-17(23-28-16)15-7-9-29-12-15/h7,9,12-14H,5-6,8,10-11H2,1-4H3,(H,21,26)/t13-,14+/m1/s1. The van der Waals surface area contributed by atoms with Crippen molar-refractivity contribution in [1.82, 2.24) is 20.4 Å².